The largest absolute Gasteiger partial charge is 0.480 e. The predicted molar refractivity (Wildman–Crippen MR) is 105 cm³/mol. The predicted octanol–water partition coefficient (Wildman–Crippen LogP) is 3.79. The van der Waals surface area contributed by atoms with Crippen LogP contribution in [0.2, 0.25) is 0 Å². The summed E-state index contributed by atoms with van der Waals surface area (Å²) < 4.78 is 11.0. The number of rotatable bonds is 6. The van der Waals surface area contributed by atoms with Gasteiger partial charge in [-0.2, -0.15) is 0 Å². The molecule has 1 fully saturated rings. The van der Waals surface area contributed by atoms with Gasteiger partial charge in [-0.05, 0) is 67.6 Å². The first-order chi connectivity index (χ1) is 13.5. The lowest BCUT2D eigenvalue weighted by Gasteiger charge is -2.28. The fourth-order valence-electron chi connectivity index (χ4n) is 3.16. The molecule has 3 N–H and O–H groups in total. The third-order valence-corrected chi connectivity index (χ3v) is 4.63. The maximum Gasteiger partial charge on any atom is 0.326 e. The van der Waals surface area contributed by atoms with Crippen molar-refractivity contribution in [1.82, 2.24) is 5.32 Å². The van der Waals surface area contributed by atoms with E-state index < -0.39 is 18.0 Å². The van der Waals surface area contributed by atoms with Crippen LogP contribution < -0.4 is 15.4 Å². The highest BCUT2D eigenvalue weighted by Crippen LogP contribution is 2.24. The standard InChI is InChI=1S/C21H24N2O5/c1-14-3-2-4-18(13-14)28-17-7-5-16(6-8-17)22-21(26)23-19(20(24)25)15-9-11-27-12-10-15/h2-8,13,15,19H,9-12H2,1H3,(H,24,25)(H2,22,23,26)/t19-/m0/s1. The molecule has 7 nitrogen and oxygen atoms in total. The molecule has 2 amide bonds. The molecule has 0 radical (unpaired) electrons. The molecule has 0 saturated carbocycles. The van der Waals surface area contributed by atoms with Crippen LogP contribution in [-0.2, 0) is 9.53 Å². The molecule has 1 aliphatic heterocycles. The van der Waals surface area contributed by atoms with Crippen LogP contribution in [0, 0.1) is 12.8 Å². The number of carbonyl (C=O) groups is 2. The lowest BCUT2D eigenvalue weighted by molar-refractivity contribution is -0.141. The van der Waals surface area contributed by atoms with Gasteiger partial charge >= 0.3 is 12.0 Å². The zero-order valence-electron chi connectivity index (χ0n) is 15.7. The number of nitrogens with one attached hydrogen (secondary N) is 2. The summed E-state index contributed by atoms with van der Waals surface area (Å²) in [6, 6.07) is 13.1. The summed E-state index contributed by atoms with van der Waals surface area (Å²) in [6.07, 6.45) is 1.23. The summed E-state index contributed by atoms with van der Waals surface area (Å²) >= 11 is 0. The summed E-state index contributed by atoms with van der Waals surface area (Å²) in [5.41, 5.74) is 1.65. The topological polar surface area (TPSA) is 96.9 Å². The van der Waals surface area contributed by atoms with Gasteiger partial charge in [0.2, 0.25) is 0 Å². The molecule has 0 unspecified atom stereocenters. The molecule has 1 saturated heterocycles. The summed E-state index contributed by atoms with van der Waals surface area (Å²) in [5, 5.41) is 14.7. The van der Waals surface area contributed by atoms with E-state index in [2.05, 4.69) is 10.6 Å². The van der Waals surface area contributed by atoms with Crippen molar-refractivity contribution in [3.63, 3.8) is 0 Å². The van der Waals surface area contributed by atoms with Gasteiger partial charge in [0.25, 0.3) is 0 Å². The molecule has 28 heavy (non-hydrogen) atoms. The Balaban J connectivity index is 1.56. The number of carboxylic acid groups (broad SMARTS) is 1. The molecule has 3 rings (SSSR count). The van der Waals surface area contributed by atoms with Crippen LogP contribution in [0.25, 0.3) is 0 Å². The van der Waals surface area contributed by atoms with E-state index in [9.17, 15) is 14.7 Å². The second-order valence-corrected chi connectivity index (χ2v) is 6.81. The molecule has 1 heterocycles. The minimum Gasteiger partial charge on any atom is -0.480 e. The third kappa shape index (κ3) is 5.47. The van der Waals surface area contributed by atoms with Crippen LogP contribution >= 0.6 is 0 Å². The van der Waals surface area contributed by atoms with Gasteiger partial charge in [0.15, 0.2) is 0 Å². The smallest absolute Gasteiger partial charge is 0.326 e. The fourth-order valence-corrected chi connectivity index (χ4v) is 3.16. The minimum absolute atomic E-state index is 0.137. The van der Waals surface area contributed by atoms with E-state index >= 15 is 0 Å². The first kappa shape index (κ1) is 19.7. The Bertz CT molecular complexity index is 816. The van der Waals surface area contributed by atoms with Crippen LogP contribution in [0.5, 0.6) is 11.5 Å². The number of hydrogen-bond donors (Lipinski definition) is 3. The fraction of sp³-hybridized carbons (Fsp3) is 0.333. The van der Waals surface area contributed by atoms with Crippen molar-refractivity contribution < 1.29 is 24.2 Å². The molecule has 2 aromatic rings. The normalized spacial score (nSPS) is 15.5. The van der Waals surface area contributed by atoms with E-state index in [-0.39, 0.29) is 5.92 Å². The third-order valence-electron chi connectivity index (χ3n) is 4.63. The van der Waals surface area contributed by atoms with E-state index in [0.717, 1.165) is 11.3 Å². The lowest BCUT2D eigenvalue weighted by Crippen LogP contribution is -2.48. The van der Waals surface area contributed by atoms with Gasteiger partial charge in [-0.3, -0.25) is 0 Å². The van der Waals surface area contributed by atoms with Crippen LogP contribution in [0.3, 0.4) is 0 Å². The van der Waals surface area contributed by atoms with Crippen LogP contribution in [0.4, 0.5) is 10.5 Å². The Hall–Kier alpha value is -3.06. The first-order valence-electron chi connectivity index (χ1n) is 9.24. The Labute approximate surface area is 163 Å². The van der Waals surface area contributed by atoms with Crippen LogP contribution in [-0.4, -0.2) is 36.4 Å². The molecule has 0 bridgehead atoms. The van der Waals surface area contributed by atoms with E-state index in [1.54, 1.807) is 24.3 Å². The molecule has 0 aromatic heterocycles. The number of anilines is 1. The molecule has 0 spiro atoms. The van der Waals surface area contributed by atoms with Gasteiger partial charge in [0, 0.05) is 18.9 Å². The number of amides is 2. The maximum absolute atomic E-state index is 12.2. The molecular weight excluding hydrogens is 360 g/mol. The Morgan fingerprint density at radius 3 is 2.46 bits per heavy atom. The average Bonchev–Trinajstić information content (AvgIpc) is 2.68. The second-order valence-electron chi connectivity index (χ2n) is 6.81. The van der Waals surface area contributed by atoms with E-state index in [4.69, 9.17) is 9.47 Å². The van der Waals surface area contributed by atoms with Crippen molar-refractivity contribution in [2.45, 2.75) is 25.8 Å². The van der Waals surface area contributed by atoms with Crippen molar-refractivity contribution in [3.8, 4) is 11.5 Å². The Morgan fingerprint density at radius 1 is 1.11 bits per heavy atom. The van der Waals surface area contributed by atoms with Crippen LogP contribution in [0.1, 0.15) is 18.4 Å². The number of carbonyl (C=O) groups excluding carboxylic acids is 1. The number of urea groups is 1. The second kappa shape index (κ2) is 9.23. The van der Waals surface area contributed by atoms with E-state index in [0.29, 0.717) is 37.5 Å². The zero-order valence-corrected chi connectivity index (χ0v) is 15.7. The SMILES string of the molecule is Cc1cccc(Oc2ccc(NC(=O)N[C@H](C(=O)O)C3CCOCC3)cc2)c1. The molecule has 2 aromatic carbocycles. The average molecular weight is 384 g/mol. The number of aliphatic carboxylic acids is 1. The number of hydrogen-bond acceptors (Lipinski definition) is 4. The maximum atomic E-state index is 12.2. The minimum atomic E-state index is -1.04. The first-order valence-corrected chi connectivity index (χ1v) is 9.24. The molecule has 7 heteroatoms. The number of aryl methyl sites for hydroxylation is 1. The highest BCUT2D eigenvalue weighted by Gasteiger charge is 2.31. The summed E-state index contributed by atoms with van der Waals surface area (Å²) in [5.74, 6) is 0.201. The molecular formula is C21H24N2O5. The van der Waals surface area contributed by atoms with Gasteiger partial charge < -0.3 is 25.2 Å². The van der Waals surface area contributed by atoms with Gasteiger partial charge in [0.05, 0.1) is 0 Å². The summed E-state index contributed by atoms with van der Waals surface area (Å²) in [6.45, 7) is 3.02. The highest BCUT2D eigenvalue weighted by molar-refractivity contribution is 5.92. The van der Waals surface area contributed by atoms with Crippen molar-refractivity contribution in [2.24, 2.45) is 5.92 Å². The Morgan fingerprint density at radius 2 is 1.82 bits per heavy atom. The van der Waals surface area contributed by atoms with Gasteiger partial charge in [-0.15, -0.1) is 0 Å². The van der Waals surface area contributed by atoms with Crippen molar-refractivity contribution in [1.29, 1.82) is 0 Å². The lowest BCUT2D eigenvalue weighted by atomic mass is 9.92. The van der Waals surface area contributed by atoms with Gasteiger partial charge in [0.1, 0.15) is 17.5 Å². The summed E-state index contributed by atoms with van der Waals surface area (Å²) in [7, 11) is 0. The monoisotopic (exact) mass is 384 g/mol. The van der Waals surface area contributed by atoms with Crippen molar-refractivity contribution >= 4 is 17.7 Å². The van der Waals surface area contributed by atoms with Crippen molar-refractivity contribution in [3.05, 3.63) is 54.1 Å². The molecule has 148 valence electrons. The Kier molecular flexibility index (Phi) is 6.49. The number of carboxylic acids is 1. The highest BCUT2D eigenvalue weighted by atomic mass is 16.5. The van der Waals surface area contributed by atoms with Gasteiger partial charge in [-0.25, -0.2) is 9.59 Å². The summed E-state index contributed by atoms with van der Waals surface area (Å²) in [4.78, 5) is 23.8. The zero-order chi connectivity index (χ0) is 19.9. The number of benzene rings is 2. The number of ether oxygens (including phenoxy) is 2. The van der Waals surface area contributed by atoms with E-state index in [1.165, 1.54) is 0 Å². The molecule has 1 aliphatic rings. The molecule has 1 atom stereocenters. The van der Waals surface area contributed by atoms with Gasteiger partial charge in [-0.1, -0.05) is 12.1 Å². The van der Waals surface area contributed by atoms with E-state index in [1.807, 2.05) is 31.2 Å². The molecule has 0 aliphatic carbocycles. The quantitative estimate of drug-likeness (QED) is 0.704. The van der Waals surface area contributed by atoms with Crippen LogP contribution in [0.15, 0.2) is 48.5 Å². The van der Waals surface area contributed by atoms with Crippen molar-refractivity contribution in [2.75, 3.05) is 18.5 Å².